The van der Waals surface area contributed by atoms with E-state index in [1.807, 2.05) is 20.8 Å². The van der Waals surface area contributed by atoms with Gasteiger partial charge >= 0.3 is 0 Å². The molecule has 0 bridgehead atoms. The van der Waals surface area contributed by atoms with Crippen LogP contribution in [0.5, 0.6) is 0 Å². The second kappa shape index (κ2) is 5.17. The quantitative estimate of drug-likeness (QED) is 0.751. The van der Waals surface area contributed by atoms with Gasteiger partial charge in [-0.3, -0.25) is 4.79 Å². The molecule has 0 spiro atoms. The molecular weight excluding hydrogens is 200 g/mol. The molecule has 0 heterocycles. The molecule has 94 valence electrons. The molecule has 1 aliphatic rings. The molecule has 3 nitrogen and oxygen atoms in total. The maximum atomic E-state index is 12.4. The van der Waals surface area contributed by atoms with Crippen LogP contribution in [0.25, 0.3) is 0 Å². The Labute approximate surface area is 99.6 Å². The highest BCUT2D eigenvalue weighted by molar-refractivity contribution is 5.86. The van der Waals surface area contributed by atoms with E-state index in [-0.39, 0.29) is 5.91 Å². The first-order valence-corrected chi connectivity index (χ1v) is 6.44. The van der Waals surface area contributed by atoms with E-state index < -0.39 is 5.54 Å². The van der Waals surface area contributed by atoms with E-state index in [0.29, 0.717) is 12.0 Å². The summed E-state index contributed by atoms with van der Waals surface area (Å²) in [7, 11) is 0. The third-order valence-electron chi connectivity index (χ3n) is 2.96. The van der Waals surface area contributed by atoms with E-state index in [4.69, 9.17) is 0 Å². The second-order valence-corrected chi connectivity index (χ2v) is 5.74. The van der Waals surface area contributed by atoms with Crippen molar-refractivity contribution in [2.45, 2.75) is 59.0 Å². The van der Waals surface area contributed by atoms with Crippen molar-refractivity contribution in [3.63, 3.8) is 0 Å². The van der Waals surface area contributed by atoms with Gasteiger partial charge in [-0.05, 0) is 39.2 Å². The van der Waals surface area contributed by atoms with Gasteiger partial charge < -0.3 is 10.2 Å². The molecule has 1 N–H and O–H groups in total. The van der Waals surface area contributed by atoms with Crippen LogP contribution >= 0.6 is 0 Å². The lowest BCUT2D eigenvalue weighted by Gasteiger charge is -2.33. The number of carbonyl (C=O) groups excluding carboxylic acids is 1. The summed E-state index contributed by atoms with van der Waals surface area (Å²) in [5.74, 6) is 0.799. The van der Waals surface area contributed by atoms with Crippen LogP contribution in [0.1, 0.15) is 47.5 Å². The molecule has 0 aromatic rings. The van der Waals surface area contributed by atoms with Crippen molar-refractivity contribution in [3.8, 4) is 0 Å². The maximum Gasteiger partial charge on any atom is 0.242 e. The number of rotatable bonds is 6. The lowest BCUT2D eigenvalue weighted by molar-refractivity contribution is -0.138. The van der Waals surface area contributed by atoms with Crippen molar-refractivity contribution in [1.29, 1.82) is 0 Å². The standard InChI is InChI=1S/C13H26N2O/c1-6-14-13(4,5)12(16)15(9-10(2)3)11-7-8-11/h10-11,14H,6-9H2,1-5H3. The van der Waals surface area contributed by atoms with Crippen LogP contribution in [-0.4, -0.2) is 35.5 Å². The Morgan fingerprint density at radius 2 is 2.00 bits per heavy atom. The number of carbonyl (C=O) groups is 1. The van der Waals surface area contributed by atoms with Crippen LogP contribution < -0.4 is 5.32 Å². The molecule has 0 aliphatic heterocycles. The summed E-state index contributed by atoms with van der Waals surface area (Å²) in [6.07, 6.45) is 2.36. The number of hydrogen-bond donors (Lipinski definition) is 1. The van der Waals surface area contributed by atoms with Crippen molar-refractivity contribution < 1.29 is 4.79 Å². The molecular formula is C13H26N2O. The van der Waals surface area contributed by atoms with Gasteiger partial charge in [-0.15, -0.1) is 0 Å². The second-order valence-electron chi connectivity index (χ2n) is 5.74. The summed E-state index contributed by atoms with van der Waals surface area (Å²) < 4.78 is 0. The molecule has 16 heavy (non-hydrogen) atoms. The number of nitrogens with one attached hydrogen (secondary N) is 1. The normalized spacial score (nSPS) is 16.6. The zero-order valence-electron chi connectivity index (χ0n) is 11.3. The van der Waals surface area contributed by atoms with Crippen LogP contribution in [0, 0.1) is 5.92 Å². The lowest BCUT2D eigenvalue weighted by Crippen LogP contribution is -2.55. The lowest BCUT2D eigenvalue weighted by atomic mass is 10.0. The van der Waals surface area contributed by atoms with Crippen molar-refractivity contribution in [2.75, 3.05) is 13.1 Å². The zero-order chi connectivity index (χ0) is 12.3. The zero-order valence-corrected chi connectivity index (χ0v) is 11.3. The first-order chi connectivity index (χ1) is 7.38. The van der Waals surface area contributed by atoms with Crippen molar-refractivity contribution in [2.24, 2.45) is 5.92 Å². The Morgan fingerprint density at radius 1 is 1.44 bits per heavy atom. The van der Waals surface area contributed by atoms with Gasteiger partial charge in [0.2, 0.25) is 5.91 Å². The molecule has 1 rings (SSSR count). The molecule has 0 radical (unpaired) electrons. The monoisotopic (exact) mass is 226 g/mol. The summed E-state index contributed by atoms with van der Waals surface area (Å²) in [6.45, 7) is 12.1. The molecule has 0 aromatic carbocycles. The minimum Gasteiger partial charge on any atom is -0.338 e. The van der Waals surface area contributed by atoms with Crippen LogP contribution in [0.4, 0.5) is 0 Å². The van der Waals surface area contributed by atoms with E-state index in [9.17, 15) is 4.79 Å². The smallest absolute Gasteiger partial charge is 0.242 e. The van der Waals surface area contributed by atoms with Gasteiger partial charge in [0.25, 0.3) is 0 Å². The van der Waals surface area contributed by atoms with Gasteiger partial charge in [-0.2, -0.15) is 0 Å². The van der Waals surface area contributed by atoms with E-state index in [0.717, 1.165) is 13.1 Å². The molecule has 0 aromatic heterocycles. The minimum atomic E-state index is -0.424. The van der Waals surface area contributed by atoms with Crippen LogP contribution in [-0.2, 0) is 4.79 Å². The average Bonchev–Trinajstić information content (AvgIpc) is 2.95. The topological polar surface area (TPSA) is 32.3 Å². The highest BCUT2D eigenvalue weighted by Crippen LogP contribution is 2.29. The molecule has 1 fully saturated rings. The fourth-order valence-electron chi connectivity index (χ4n) is 2.05. The molecule has 3 heteroatoms. The SMILES string of the molecule is CCNC(C)(C)C(=O)N(CC(C)C)C1CC1. The average molecular weight is 226 g/mol. The number of amides is 1. The number of nitrogens with zero attached hydrogens (tertiary/aromatic N) is 1. The minimum absolute atomic E-state index is 0.255. The Hall–Kier alpha value is -0.570. The summed E-state index contributed by atoms with van der Waals surface area (Å²) in [6, 6.07) is 0.507. The van der Waals surface area contributed by atoms with Gasteiger partial charge in [0, 0.05) is 12.6 Å². The summed E-state index contributed by atoms with van der Waals surface area (Å²) in [5.41, 5.74) is -0.424. The molecule has 0 atom stereocenters. The fourth-order valence-corrected chi connectivity index (χ4v) is 2.05. The Morgan fingerprint density at radius 3 is 2.38 bits per heavy atom. The first-order valence-electron chi connectivity index (χ1n) is 6.44. The maximum absolute atomic E-state index is 12.4. The van der Waals surface area contributed by atoms with E-state index in [2.05, 4.69) is 24.1 Å². The molecule has 0 saturated heterocycles. The van der Waals surface area contributed by atoms with E-state index in [1.54, 1.807) is 0 Å². The van der Waals surface area contributed by atoms with Crippen molar-refractivity contribution in [1.82, 2.24) is 10.2 Å². The highest BCUT2D eigenvalue weighted by atomic mass is 16.2. The third kappa shape index (κ3) is 3.48. The predicted octanol–water partition coefficient (Wildman–Crippen LogP) is 2.02. The number of hydrogen-bond acceptors (Lipinski definition) is 2. The van der Waals surface area contributed by atoms with Crippen LogP contribution in [0.3, 0.4) is 0 Å². The predicted molar refractivity (Wildman–Crippen MR) is 67.3 cm³/mol. The van der Waals surface area contributed by atoms with Crippen LogP contribution in [0.15, 0.2) is 0 Å². The summed E-state index contributed by atoms with van der Waals surface area (Å²) >= 11 is 0. The van der Waals surface area contributed by atoms with Gasteiger partial charge in [-0.1, -0.05) is 20.8 Å². The molecule has 1 amide bonds. The molecule has 0 unspecified atom stereocenters. The molecule has 1 saturated carbocycles. The molecule has 1 aliphatic carbocycles. The van der Waals surface area contributed by atoms with Crippen LogP contribution in [0.2, 0.25) is 0 Å². The summed E-state index contributed by atoms with van der Waals surface area (Å²) in [5, 5.41) is 3.27. The van der Waals surface area contributed by atoms with Crippen molar-refractivity contribution in [3.05, 3.63) is 0 Å². The van der Waals surface area contributed by atoms with Gasteiger partial charge in [-0.25, -0.2) is 0 Å². The Kier molecular flexibility index (Phi) is 4.36. The Bertz CT molecular complexity index is 244. The van der Waals surface area contributed by atoms with E-state index >= 15 is 0 Å². The fraction of sp³-hybridized carbons (Fsp3) is 0.923. The van der Waals surface area contributed by atoms with Crippen molar-refractivity contribution >= 4 is 5.91 Å². The Balaban J connectivity index is 2.66. The van der Waals surface area contributed by atoms with Gasteiger partial charge in [0.05, 0.1) is 5.54 Å². The van der Waals surface area contributed by atoms with E-state index in [1.165, 1.54) is 12.8 Å². The summed E-state index contributed by atoms with van der Waals surface area (Å²) in [4.78, 5) is 14.5. The number of likely N-dealkylation sites (N-methyl/N-ethyl adjacent to an activating group) is 1. The highest BCUT2D eigenvalue weighted by Gasteiger charge is 2.39. The third-order valence-corrected chi connectivity index (χ3v) is 2.96. The first kappa shape index (κ1) is 13.5. The van der Waals surface area contributed by atoms with Gasteiger partial charge in [0.15, 0.2) is 0 Å². The largest absolute Gasteiger partial charge is 0.338 e. The van der Waals surface area contributed by atoms with Gasteiger partial charge in [0.1, 0.15) is 0 Å².